The van der Waals surface area contributed by atoms with Crippen molar-refractivity contribution < 1.29 is 29.5 Å². The zero-order valence-electron chi connectivity index (χ0n) is 15.3. The van der Waals surface area contributed by atoms with E-state index in [-0.39, 0.29) is 12.8 Å². The molecule has 0 aliphatic carbocycles. The van der Waals surface area contributed by atoms with Crippen molar-refractivity contribution in [1.29, 1.82) is 0 Å². The van der Waals surface area contributed by atoms with Crippen molar-refractivity contribution in [2.75, 3.05) is 0 Å². The lowest BCUT2D eigenvalue weighted by atomic mass is 9.92. The molecule has 1 rings (SSSR count). The fourth-order valence-corrected chi connectivity index (χ4v) is 3.02. The normalized spacial score (nSPS) is 25.7. The van der Waals surface area contributed by atoms with Crippen molar-refractivity contribution in [3.63, 3.8) is 0 Å². The van der Waals surface area contributed by atoms with Gasteiger partial charge in [0.1, 0.15) is 12.2 Å². The van der Waals surface area contributed by atoms with Crippen LogP contribution in [0.5, 0.6) is 0 Å². The molecule has 1 aliphatic heterocycles. The first kappa shape index (κ1) is 20.9. The third kappa shape index (κ3) is 4.68. The van der Waals surface area contributed by atoms with Crippen LogP contribution in [0.1, 0.15) is 54.4 Å². The van der Waals surface area contributed by atoms with Gasteiger partial charge in [-0.25, -0.2) is 0 Å². The quantitative estimate of drug-likeness (QED) is 0.512. The zero-order valence-corrected chi connectivity index (χ0v) is 15.3. The molecule has 1 heterocycles. The molecule has 0 N–H and O–H groups in total. The van der Waals surface area contributed by atoms with E-state index in [2.05, 4.69) is 0 Å². The minimum Gasteiger partial charge on any atom is -0.366 e. The molecule has 25 heavy (non-hydrogen) atoms. The Morgan fingerprint density at radius 1 is 1.00 bits per heavy atom. The van der Waals surface area contributed by atoms with Gasteiger partial charge in [-0.2, -0.15) is 0 Å². The summed E-state index contributed by atoms with van der Waals surface area (Å²) < 4.78 is 0. The number of hydrogen-bond acceptors (Lipinski definition) is 9. The molecule has 2 unspecified atom stereocenters. The van der Waals surface area contributed by atoms with Gasteiger partial charge < -0.3 is 14.5 Å². The van der Waals surface area contributed by atoms with E-state index < -0.39 is 45.3 Å². The molecule has 0 spiro atoms. The van der Waals surface area contributed by atoms with Gasteiger partial charge >= 0.3 is 5.97 Å². The largest absolute Gasteiger partial charge is 0.366 e. The second-order valence-corrected chi connectivity index (χ2v) is 7.38. The highest BCUT2D eigenvalue weighted by Gasteiger charge is 2.54. The number of nitrogens with zero attached hydrogens (tertiary/aromatic N) is 3. The van der Waals surface area contributed by atoms with Crippen LogP contribution in [0, 0.1) is 26.1 Å². The van der Waals surface area contributed by atoms with E-state index in [1.54, 1.807) is 41.5 Å². The number of hydroxylamine groups is 2. The van der Waals surface area contributed by atoms with Gasteiger partial charge in [0.25, 0.3) is 10.2 Å². The summed E-state index contributed by atoms with van der Waals surface area (Å²) in [5.74, 6) is -1.03. The standard InChI is InChI=1S/C14H25N3O8/c1-9(2)12(18)25-15-13(3,4)10(23-16(19)20)7-8-11(14(15,5)6)24-17(21)22/h9-11H,7-8H2,1-6H3. The summed E-state index contributed by atoms with van der Waals surface area (Å²) in [5.41, 5.74) is -2.26. The van der Waals surface area contributed by atoms with E-state index in [0.717, 1.165) is 0 Å². The lowest BCUT2D eigenvalue weighted by Gasteiger charge is -2.48. The molecule has 2 atom stereocenters. The molecular weight excluding hydrogens is 338 g/mol. The van der Waals surface area contributed by atoms with Gasteiger partial charge in [-0.05, 0) is 40.5 Å². The molecule has 1 aliphatic rings. The van der Waals surface area contributed by atoms with E-state index in [1.165, 1.54) is 5.06 Å². The maximum atomic E-state index is 12.1. The summed E-state index contributed by atoms with van der Waals surface area (Å²) >= 11 is 0. The topological polar surface area (TPSA) is 134 Å². The van der Waals surface area contributed by atoms with Crippen LogP contribution in [0.25, 0.3) is 0 Å². The van der Waals surface area contributed by atoms with Crippen LogP contribution in [-0.2, 0) is 19.3 Å². The average molecular weight is 363 g/mol. The number of carbonyl (C=O) groups is 1. The molecule has 0 bridgehead atoms. The lowest BCUT2D eigenvalue weighted by molar-refractivity contribution is -0.772. The van der Waals surface area contributed by atoms with E-state index in [9.17, 15) is 25.0 Å². The highest BCUT2D eigenvalue weighted by Crippen LogP contribution is 2.40. The molecule has 0 aromatic rings. The van der Waals surface area contributed by atoms with Crippen LogP contribution in [0.2, 0.25) is 0 Å². The zero-order chi connectivity index (χ0) is 19.6. The average Bonchev–Trinajstić information content (AvgIpc) is 2.50. The van der Waals surface area contributed by atoms with E-state index in [1.807, 2.05) is 0 Å². The Morgan fingerprint density at radius 3 is 1.64 bits per heavy atom. The van der Waals surface area contributed by atoms with Crippen molar-refractivity contribution in [3.05, 3.63) is 20.2 Å². The van der Waals surface area contributed by atoms with Crippen LogP contribution < -0.4 is 0 Å². The Labute approximate surface area is 145 Å². The minimum atomic E-state index is -1.13. The van der Waals surface area contributed by atoms with Gasteiger partial charge in [0, 0.05) is 0 Å². The van der Waals surface area contributed by atoms with E-state index >= 15 is 0 Å². The van der Waals surface area contributed by atoms with E-state index in [0.29, 0.717) is 0 Å². The first-order chi connectivity index (χ1) is 11.3. The highest BCUT2D eigenvalue weighted by molar-refractivity contribution is 5.71. The molecule has 0 saturated carbocycles. The maximum absolute atomic E-state index is 12.1. The van der Waals surface area contributed by atoms with Crippen molar-refractivity contribution >= 4 is 5.97 Å². The molecule has 1 fully saturated rings. The Hall–Kier alpha value is -2.17. The van der Waals surface area contributed by atoms with Crippen molar-refractivity contribution in [1.82, 2.24) is 5.06 Å². The fourth-order valence-electron chi connectivity index (χ4n) is 3.02. The molecule has 144 valence electrons. The predicted molar refractivity (Wildman–Crippen MR) is 83.9 cm³/mol. The molecular formula is C14H25N3O8. The lowest BCUT2D eigenvalue weighted by Crippen LogP contribution is -2.63. The Kier molecular flexibility index (Phi) is 6.16. The summed E-state index contributed by atoms with van der Waals surface area (Å²) in [6.45, 7) is 9.73. The van der Waals surface area contributed by atoms with Crippen LogP contribution >= 0.6 is 0 Å². The summed E-state index contributed by atoms with van der Waals surface area (Å²) in [6.07, 6.45) is -1.71. The molecule has 11 heteroatoms. The molecule has 1 saturated heterocycles. The minimum absolute atomic E-state index is 0.117. The van der Waals surface area contributed by atoms with E-state index in [4.69, 9.17) is 14.5 Å². The molecule has 11 nitrogen and oxygen atoms in total. The predicted octanol–water partition coefficient (Wildman–Crippen LogP) is 1.91. The first-order valence-electron chi connectivity index (χ1n) is 7.94. The molecule has 0 aromatic carbocycles. The summed E-state index contributed by atoms with van der Waals surface area (Å²) in [7, 11) is 0. The van der Waals surface area contributed by atoms with Crippen molar-refractivity contribution in [2.45, 2.75) is 77.7 Å². The van der Waals surface area contributed by atoms with Gasteiger partial charge in [-0.3, -0.25) is 4.79 Å². The molecule has 0 radical (unpaired) electrons. The third-order valence-corrected chi connectivity index (χ3v) is 4.39. The first-order valence-corrected chi connectivity index (χ1v) is 7.94. The monoisotopic (exact) mass is 363 g/mol. The van der Waals surface area contributed by atoms with Crippen molar-refractivity contribution in [3.8, 4) is 0 Å². The van der Waals surface area contributed by atoms with Crippen molar-refractivity contribution in [2.24, 2.45) is 5.92 Å². The smallest absolute Gasteiger partial charge is 0.327 e. The molecule has 0 amide bonds. The van der Waals surface area contributed by atoms with Gasteiger partial charge in [0.2, 0.25) is 0 Å². The van der Waals surface area contributed by atoms with Crippen LogP contribution in [0.3, 0.4) is 0 Å². The Morgan fingerprint density at radius 2 is 1.36 bits per heavy atom. The van der Waals surface area contributed by atoms with Gasteiger partial charge in [-0.15, -0.1) is 25.3 Å². The van der Waals surface area contributed by atoms with Gasteiger partial charge in [0.05, 0.1) is 17.0 Å². The summed E-state index contributed by atoms with van der Waals surface area (Å²) in [6, 6.07) is 0. The van der Waals surface area contributed by atoms with Gasteiger partial charge in [-0.1, -0.05) is 13.8 Å². The number of hydrogen-bond donors (Lipinski definition) is 0. The van der Waals surface area contributed by atoms with Crippen LogP contribution in [0.4, 0.5) is 0 Å². The second-order valence-electron chi connectivity index (χ2n) is 7.38. The Bertz CT molecular complexity index is 498. The molecule has 0 aromatic heterocycles. The van der Waals surface area contributed by atoms with Crippen LogP contribution in [-0.4, -0.2) is 44.5 Å². The SMILES string of the molecule is CC(C)C(=O)ON1C(C)(C)C(O[N+](=O)[O-])CCC(O[N+](=O)[O-])C1(C)C. The third-order valence-electron chi connectivity index (χ3n) is 4.39. The summed E-state index contributed by atoms with van der Waals surface area (Å²) in [4.78, 5) is 48.8. The number of carbonyl (C=O) groups excluding carboxylic acids is 1. The second kappa shape index (κ2) is 7.38. The fraction of sp³-hybridized carbons (Fsp3) is 0.929. The highest BCUT2D eigenvalue weighted by atomic mass is 17.0. The Balaban J connectivity index is 3.32. The van der Waals surface area contributed by atoms with Gasteiger partial charge in [0.15, 0.2) is 0 Å². The maximum Gasteiger partial charge on any atom is 0.327 e. The van der Waals surface area contributed by atoms with Crippen LogP contribution in [0.15, 0.2) is 0 Å². The number of rotatable bonds is 6. The summed E-state index contributed by atoms with van der Waals surface area (Å²) in [5, 5.41) is 21.1.